The molecule has 0 spiro atoms. The van der Waals surface area contributed by atoms with Gasteiger partial charge in [0.05, 0.1) is 20.0 Å². The number of furan rings is 1. The van der Waals surface area contributed by atoms with E-state index in [9.17, 15) is 9.59 Å². The van der Waals surface area contributed by atoms with Crippen LogP contribution in [0.15, 0.2) is 57.3 Å². The van der Waals surface area contributed by atoms with Crippen LogP contribution in [-0.2, 0) is 20.7 Å². The fraction of sp³-hybridized carbons (Fsp3) is 0.375. The number of hydrogen-bond donors (Lipinski definition) is 0. The summed E-state index contributed by atoms with van der Waals surface area (Å²) in [6.45, 7) is 2.50. The third-order valence-electron chi connectivity index (χ3n) is 6.36. The van der Waals surface area contributed by atoms with Crippen LogP contribution in [0.1, 0.15) is 48.5 Å². The predicted molar refractivity (Wildman–Crippen MR) is 110 cm³/mol. The minimum Gasteiger partial charge on any atom is -0.493 e. The van der Waals surface area contributed by atoms with Crippen molar-refractivity contribution >= 4 is 17.5 Å². The van der Waals surface area contributed by atoms with E-state index >= 15 is 0 Å². The van der Waals surface area contributed by atoms with E-state index in [1.807, 2.05) is 31.2 Å². The maximum Gasteiger partial charge on any atom is 0.315 e. The first-order valence-electron chi connectivity index (χ1n) is 10.2. The van der Waals surface area contributed by atoms with Gasteiger partial charge in [-0.1, -0.05) is 12.1 Å². The highest BCUT2D eigenvalue weighted by atomic mass is 16.5. The SMILES string of the molecule is COC(=O)C1C(C)=NC2=C(C(=O)C[C@@H](c3ccco3)C2)[C@@H]1c1ccc2c(c1)CCO2. The molecule has 0 radical (unpaired) electrons. The molecule has 0 saturated heterocycles. The lowest BCUT2D eigenvalue weighted by Gasteiger charge is -2.36. The smallest absolute Gasteiger partial charge is 0.315 e. The summed E-state index contributed by atoms with van der Waals surface area (Å²) in [6.07, 6.45) is 3.41. The number of methoxy groups -OCH3 is 1. The first kappa shape index (κ1) is 18.9. The molecule has 2 aliphatic heterocycles. The van der Waals surface area contributed by atoms with Crippen LogP contribution in [0.4, 0.5) is 0 Å². The lowest BCUT2D eigenvalue weighted by atomic mass is 9.69. The third kappa shape index (κ3) is 2.98. The van der Waals surface area contributed by atoms with E-state index in [4.69, 9.17) is 18.9 Å². The highest BCUT2D eigenvalue weighted by Gasteiger charge is 2.45. The van der Waals surface area contributed by atoms with Gasteiger partial charge in [0.15, 0.2) is 5.78 Å². The maximum absolute atomic E-state index is 13.4. The van der Waals surface area contributed by atoms with Crippen LogP contribution in [0.3, 0.4) is 0 Å². The standard InChI is InChI=1S/C24H23NO5/c1-13-21(24(27)28-2)22(15-5-6-20-14(10-15)7-9-30-20)23-17(25-13)11-16(12-18(23)26)19-4-3-8-29-19/h3-6,8,10,16,21-22H,7,9,11-12H2,1-2H3/t16-,21?,22+/m0/s1. The van der Waals surface area contributed by atoms with Gasteiger partial charge in [-0.25, -0.2) is 0 Å². The molecule has 0 saturated carbocycles. The van der Waals surface area contributed by atoms with Gasteiger partial charge in [-0.05, 0) is 36.2 Å². The topological polar surface area (TPSA) is 78.1 Å². The molecule has 3 atom stereocenters. The second kappa shape index (κ2) is 7.27. The Morgan fingerprint density at radius 2 is 2.10 bits per heavy atom. The van der Waals surface area contributed by atoms with Crippen molar-refractivity contribution in [1.82, 2.24) is 0 Å². The summed E-state index contributed by atoms with van der Waals surface area (Å²) < 4.78 is 16.3. The zero-order valence-corrected chi connectivity index (χ0v) is 17.0. The molecule has 6 nitrogen and oxygen atoms in total. The second-order valence-electron chi connectivity index (χ2n) is 8.10. The lowest BCUT2D eigenvalue weighted by Crippen LogP contribution is -2.37. The largest absolute Gasteiger partial charge is 0.493 e. The van der Waals surface area contributed by atoms with Crippen LogP contribution in [0, 0.1) is 5.92 Å². The molecule has 6 heteroatoms. The Balaban J connectivity index is 1.62. The lowest BCUT2D eigenvalue weighted by molar-refractivity contribution is -0.143. The average molecular weight is 405 g/mol. The summed E-state index contributed by atoms with van der Waals surface area (Å²) in [6, 6.07) is 9.70. The van der Waals surface area contributed by atoms with Crippen LogP contribution in [0.2, 0.25) is 0 Å². The number of ketones is 1. The summed E-state index contributed by atoms with van der Waals surface area (Å²) in [7, 11) is 1.38. The van der Waals surface area contributed by atoms with Crippen LogP contribution in [0.5, 0.6) is 5.75 Å². The molecule has 0 N–H and O–H groups in total. The summed E-state index contributed by atoms with van der Waals surface area (Å²) in [5.41, 5.74) is 4.11. The highest BCUT2D eigenvalue weighted by Crippen LogP contribution is 2.47. The van der Waals surface area contributed by atoms with Crippen molar-refractivity contribution < 1.29 is 23.5 Å². The molecule has 1 aliphatic carbocycles. The zero-order valence-electron chi connectivity index (χ0n) is 17.0. The van der Waals surface area contributed by atoms with E-state index in [1.54, 1.807) is 6.26 Å². The van der Waals surface area contributed by atoms with Gasteiger partial charge < -0.3 is 13.9 Å². The van der Waals surface area contributed by atoms with Crippen LogP contribution in [0.25, 0.3) is 0 Å². The van der Waals surface area contributed by atoms with E-state index in [0.717, 1.165) is 34.8 Å². The number of rotatable bonds is 3. The number of ether oxygens (including phenoxy) is 2. The fourth-order valence-electron chi connectivity index (χ4n) is 4.98. The number of Topliss-reactive ketones (excluding diaryl/α,β-unsaturated/α-hetero) is 1. The van der Waals surface area contributed by atoms with E-state index in [2.05, 4.69) is 6.07 Å². The fourth-order valence-corrected chi connectivity index (χ4v) is 4.98. The van der Waals surface area contributed by atoms with E-state index < -0.39 is 11.8 Å². The molecular weight excluding hydrogens is 382 g/mol. The number of benzene rings is 1. The Morgan fingerprint density at radius 3 is 2.87 bits per heavy atom. The normalized spacial score (nSPS) is 25.3. The van der Waals surface area contributed by atoms with Crippen molar-refractivity contribution in [2.75, 3.05) is 13.7 Å². The van der Waals surface area contributed by atoms with Crippen molar-refractivity contribution in [2.24, 2.45) is 10.9 Å². The van der Waals surface area contributed by atoms with E-state index in [0.29, 0.717) is 30.7 Å². The Labute approximate surface area is 174 Å². The number of allylic oxidation sites excluding steroid dienone is 2. The number of carbonyl (C=O) groups is 2. The Bertz CT molecular complexity index is 1080. The second-order valence-corrected chi connectivity index (χ2v) is 8.10. The molecule has 3 heterocycles. The Kier molecular flexibility index (Phi) is 4.57. The zero-order chi connectivity index (χ0) is 20.8. The van der Waals surface area contributed by atoms with Gasteiger partial charge in [-0.3, -0.25) is 14.6 Å². The van der Waals surface area contributed by atoms with Crippen molar-refractivity contribution in [2.45, 2.75) is 38.0 Å². The minimum atomic E-state index is -0.613. The number of esters is 1. The molecule has 0 bridgehead atoms. The first-order chi connectivity index (χ1) is 14.6. The molecule has 30 heavy (non-hydrogen) atoms. The van der Waals surface area contributed by atoms with Crippen molar-refractivity contribution in [1.29, 1.82) is 0 Å². The van der Waals surface area contributed by atoms with E-state index in [1.165, 1.54) is 7.11 Å². The van der Waals surface area contributed by atoms with Gasteiger partial charge >= 0.3 is 5.97 Å². The number of fused-ring (bicyclic) bond motifs is 1. The maximum atomic E-state index is 13.4. The van der Waals surface area contributed by atoms with Crippen LogP contribution in [-0.4, -0.2) is 31.2 Å². The summed E-state index contributed by atoms with van der Waals surface area (Å²) in [4.78, 5) is 30.8. The average Bonchev–Trinajstić information content (AvgIpc) is 3.43. The van der Waals surface area contributed by atoms with Gasteiger partial charge in [-0.2, -0.15) is 0 Å². The first-order valence-corrected chi connectivity index (χ1v) is 10.2. The minimum absolute atomic E-state index is 0.0181. The molecule has 3 aliphatic rings. The number of aliphatic imine (C=N–C) groups is 1. The Morgan fingerprint density at radius 1 is 1.23 bits per heavy atom. The van der Waals surface area contributed by atoms with Gasteiger partial charge in [-0.15, -0.1) is 0 Å². The number of carbonyl (C=O) groups excluding carboxylic acids is 2. The molecule has 1 aromatic carbocycles. The van der Waals surface area contributed by atoms with E-state index in [-0.39, 0.29) is 17.7 Å². The molecule has 1 unspecified atom stereocenters. The molecule has 5 rings (SSSR count). The van der Waals surface area contributed by atoms with Crippen LogP contribution < -0.4 is 4.74 Å². The van der Waals surface area contributed by atoms with Gasteiger partial charge in [0.2, 0.25) is 0 Å². The van der Waals surface area contributed by atoms with Crippen molar-refractivity contribution in [3.05, 3.63) is 64.8 Å². The monoisotopic (exact) mass is 405 g/mol. The van der Waals surface area contributed by atoms with Gasteiger partial charge in [0.25, 0.3) is 0 Å². The number of hydrogen-bond acceptors (Lipinski definition) is 6. The van der Waals surface area contributed by atoms with Crippen molar-refractivity contribution in [3.63, 3.8) is 0 Å². The molecule has 0 fully saturated rings. The molecule has 154 valence electrons. The summed E-state index contributed by atoms with van der Waals surface area (Å²) in [5.74, 6) is 0.265. The third-order valence-corrected chi connectivity index (χ3v) is 6.36. The van der Waals surface area contributed by atoms with Gasteiger partial charge in [0.1, 0.15) is 17.4 Å². The molecule has 2 aromatic rings. The highest BCUT2D eigenvalue weighted by molar-refractivity contribution is 6.09. The van der Waals surface area contributed by atoms with Crippen LogP contribution >= 0.6 is 0 Å². The Hall–Kier alpha value is -3.15. The summed E-state index contributed by atoms with van der Waals surface area (Å²) >= 11 is 0. The summed E-state index contributed by atoms with van der Waals surface area (Å²) in [5, 5.41) is 0. The van der Waals surface area contributed by atoms with Gasteiger partial charge in [0, 0.05) is 48.1 Å². The predicted octanol–water partition coefficient (Wildman–Crippen LogP) is 3.96. The molecule has 0 amide bonds. The number of nitrogens with zero attached hydrogens (tertiary/aromatic N) is 1. The van der Waals surface area contributed by atoms with Crippen molar-refractivity contribution in [3.8, 4) is 5.75 Å². The molecular formula is C24H23NO5. The molecule has 1 aromatic heterocycles. The quantitative estimate of drug-likeness (QED) is 0.722.